The first-order valence-corrected chi connectivity index (χ1v) is 9.30. The second kappa shape index (κ2) is 8.23. The number of methoxy groups -OCH3 is 1. The van der Waals surface area contributed by atoms with Gasteiger partial charge >= 0.3 is 5.69 Å². The summed E-state index contributed by atoms with van der Waals surface area (Å²) in [5.41, 5.74) is 2.18. The van der Waals surface area contributed by atoms with Gasteiger partial charge in [-0.05, 0) is 42.0 Å². The molecule has 0 spiro atoms. The Balaban J connectivity index is 1.55. The van der Waals surface area contributed by atoms with Gasteiger partial charge in [-0.3, -0.25) is 14.9 Å². The second-order valence-electron chi connectivity index (χ2n) is 6.78. The van der Waals surface area contributed by atoms with E-state index in [9.17, 15) is 19.3 Å². The van der Waals surface area contributed by atoms with Gasteiger partial charge in [-0.25, -0.2) is 9.37 Å². The molecule has 31 heavy (non-hydrogen) atoms. The number of halogens is 1. The summed E-state index contributed by atoms with van der Waals surface area (Å²) in [6, 6.07) is 15.6. The quantitative estimate of drug-likeness (QED) is 0.353. The lowest BCUT2D eigenvalue weighted by atomic mass is 10.1. The van der Waals surface area contributed by atoms with Crippen LogP contribution in [0.1, 0.15) is 21.7 Å². The van der Waals surface area contributed by atoms with Crippen LogP contribution < -0.4 is 10.1 Å². The van der Waals surface area contributed by atoms with E-state index in [4.69, 9.17) is 4.74 Å². The molecule has 0 saturated carbocycles. The zero-order valence-electron chi connectivity index (χ0n) is 16.4. The van der Waals surface area contributed by atoms with Crippen molar-refractivity contribution in [2.45, 2.75) is 6.42 Å². The van der Waals surface area contributed by atoms with Crippen LogP contribution in [0, 0.1) is 15.9 Å². The highest BCUT2D eigenvalue weighted by Gasteiger charge is 2.18. The van der Waals surface area contributed by atoms with Crippen molar-refractivity contribution in [1.82, 2.24) is 9.97 Å². The average molecular weight is 420 g/mol. The van der Waals surface area contributed by atoms with Gasteiger partial charge in [-0.15, -0.1) is 0 Å². The average Bonchev–Trinajstić information content (AvgIpc) is 3.16. The van der Waals surface area contributed by atoms with Crippen LogP contribution in [0.15, 0.2) is 60.7 Å². The summed E-state index contributed by atoms with van der Waals surface area (Å²) in [5.74, 6) is -0.141. The van der Waals surface area contributed by atoms with Crippen molar-refractivity contribution in [3.63, 3.8) is 0 Å². The van der Waals surface area contributed by atoms with E-state index < -0.39 is 10.8 Å². The van der Waals surface area contributed by atoms with Crippen LogP contribution in [0.5, 0.6) is 5.75 Å². The van der Waals surface area contributed by atoms with Gasteiger partial charge in [0.05, 0.1) is 23.1 Å². The van der Waals surface area contributed by atoms with E-state index in [2.05, 4.69) is 15.3 Å². The number of H-pyrrole nitrogens is 1. The molecule has 0 aliphatic rings. The first-order chi connectivity index (χ1) is 14.9. The molecule has 1 amide bonds. The van der Waals surface area contributed by atoms with Crippen LogP contribution in [0.4, 0.5) is 15.8 Å². The number of anilines is 1. The van der Waals surface area contributed by atoms with Crippen LogP contribution >= 0.6 is 0 Å². The molecule has 4 aromatic rings. The Hall–Kier alpha value is -4.27. The fraction of sp³-hybridized carbons (Fsp3) is 0.0909. The molecule has 2 N–H and O–H groups in total. The van der Waals surface area contributed by atoms with Crippen molar-refractivity contribution >= 4 is 28.3 Å². The van der Waals surface area contributed by atoms with E-state index in [0.29, 0.717) is 34.5 Å². The first-order valence-electron chi connectivity index (χ1n) is 9.30. The van der Waals surface area contributed by atoms with E-state index in [1.54, 1.807) is 36.4 Å². The molecular weight excluding hydrogens is 403 g/mol. The number of nitrogens with one attached hydrogen (secondary N) is 2. The van der Waals surface area contributed by atoms with Crippen LogP contribution in [0.2, 0.25) is 0 Å². The number of ether oxygens (including phenoxy) is 1. The van der Waals surface area contributed by atoms with Gasteiger partial charge in [-0.1, -0.05) is 18.2 Å². The fourth-order valence-electron chi connectivity index (χ4n) is 3.22. The Bertz CT molecular complexity index is 1300. The number of imidazole rings is 1. The first kappa shape index (κ1) is 20.0. The van der Waals surface area contributed by atoms with E-state index in [1.165, 1.54) is 25.3 Å². The number of nitrogens with zero attached hydrogens (tertiary/aromatic N) is 2. The van der Waals surface area contributed by atoms with Gasteiger partial charge in [0.1, 0.15) is 11.6 Å². The molecular formula is C22H17FN4O4. The van der Waals surface area contributed by atoms with Gasteiger partial charge in [0.25, 0.3) is 5.91 Å². The van der Waals surface area contributed by atoms with E-state index in [1.807, 2.05) is 0 Å². The molecule has 0 unspecified atom stereocenters. The second-order valence-corrected chi connectivity index (χ2v) is 6.78. The van der Waals surface area contributed by atoms with Gasteiger partial charge in [0, 0.05) is 23.7 Å². The number of carbonyl (C=O) groups excluding carboxylic acids is 1. The summed E-state index contributed by atoms with van der Waals surface area (Å²) in [6.45, 7) is 0. The van der Waals surface area contributed by atoms with Gasteiger partial charge < -0.3 is 15.0 Å². The molecule has 1 aromatic heterocycles. The van der Waals surface area contributed by atoms with Crippen molar-refractivity contribution in [1.29, 1.82) is 0 Å². The summed E-state index contributed by atoms with van der Waals surface area (Å²) < 4.78 is 18.8. The number of benzene rings is 3. The lowest BCUT2D eigenvalue weighted by molar-refractivity contribution is -0.385. The number of nitro groups is 1. The molecule has 156 valence electrons. The molecule has 0 saturated heterocycles. The molecule has 0 atom stereocenters. The molecule has 3 aromatic carbocycles. The predicted octanol–water partition coefficient (Wildman–Crippen LogP) is 4.46. The number of fused-ring (bicyclic) bond motifs is 1. The number of aromatic nitrogens is 2. The van der Waals surface area contributed by atoms with Gasteiger partial charge in [0.2, 0.25) is 0 Å². The molecule has 0 aliphatic carbocycles. The molecule has 4 rings (SSSR count). The smallest absolute Gasteiger partial charge is 0.311 e. The summed E-state index contributed by atoms with van der Waals surface area (Å²) in [7, 11) is 1.32. The van der Waals surface area contributed by atoms with Crippen molar-refractivity contribution in [3.05, 3.63) is 93.5 Å². The highest BCUT2D eigenvalue weighted by molar-refractivity contribution is 6.05. The molecule has 0 aliphatic heterocycles. The lowest BCUT2D eigenvalue weighted by Gasteiger charge is -2.07. The lowest BCUT2D eigenvalue weighted by Crippen LogP contribution is -2.12. The van der Waals surface area contributed by atoms with Crippen LogP contribution in [-0.2, 0) is 6.42 Å². The monoisotopic (exact) mass is 420 g/mol. The summed E-state index contributed by atoms with van der Waals surface area (Å²) in [6.07, 6.45) is 0.304. The highest BCUT2D eigenvalue weighted by atomic mass is 19.1. The van der Waals surface area contributed by atoms with Crippen LogP contribution in [-0.4, -0.2) is 27.9 Å². The summed E-state index contributed by atoms with van der Waals surface area (Å²) in [4.78, 5) is 30.7. The Morgan fingerprint density at radius 3 is 2.74 bits per heavy atom. The molecule has 1 heterocycles. The third-order valence-electron chi connectivity index (χ3n) is 4.74. The topological polar surface area (TPSA) is 110 Å². The Morgan fingerprint density at radius 1 is 1.19 bits per heavy atom. The van der Waals surface area contributed by atoms with Crippen molar-refractivity contribution < 1.29 is 18.8 Å². The number of aromatic amines is 1. The number of amides is 1. The zero-order chi connectivity index (χ0) is 22.0. The Kier molecular flexibility index (Phi) is 5.31. The third kappa shape index (κ3) is 4.20. The maximum absolute atomic E-state index is 13.9. The van der Waals surface area contributed by atoms with Gasteiger partial charge in [-0.2, -0.15) is 0 Å². The minimum Gasteiger partial charge on any atom is -0.490 e. The van der Waals surface area contributed by atoms with Crippen molar-refractivity contribution in [3.8, 4) is 5.75 Å². The highest BCUT2D eigenvalue weighted by Crippen LogP contribution is 2.28. The van der Waals surface area contributed by atoms with Crippen LogP contribution in [0.25, 0.3) is 11.0 Å². The Morgan fingerprint density at radius 2 is 2.00 bits per heavy atom. The van der Waals surface area contributed by atoms with Crippen molar-refractivity contribution in [2.24, 2.45) is 0 Å². The summed E-state index contributed by atoms with van der Waals surface area (Å²) in [5, 5.41) is 13.9. The molecule has 8 nitrogen and oxygen atoms in total. The number of rotatable bonds is 6. The molecule has 0 bridgehead atoms. The number of carbonyl (C=O) groups is 1. The standard InChI is InChI=1S/C22H17FN4O4/c1-31-20-9-6-14(10-19(20)27(29)30)22(28)24-15-7-8-17-18(12-15)26-21(25-17)11-13-4-2-3-5-16(13)23/h2-10,12H,11H2,1H3,(H,24,28)(H,25,26). The number of hydrogen-bond acceptors (Lipinski definition) is 5. The largest absolute Gasteiger partial charge is 0.490 e. The molecule has 0 radical (unpaired) electrons. The van der Waals surface area contributed by atoms with Crippen molar-refractivity contribution in [2.75, 3.05) is 12.4 Å². The Labute approximate surface area is 175 Å². The van der Waals surface area contributed by atoms with E-state index >= 15 is 0 Å². The SMILES string of the molecule is COc1ccc(C(=O)Nc2ccc3nc(Cc4ccccc4F)[nH]c3c2)cc1[N+](=O)[O-]. The molecule has 0 fully saturated rings. The number of hydrogen-bond donors (Lipinski definition) is 2. The van der Waals surface area contributed by atoms with Crippen LogP contribution in [0.3, 0.4) is 0 Å². The third-order valence-corrected chi connectivity index (χ3v) is 4.74. The maximum Gasteiger partial charge on any atom is 0.311 e. The minimum atomic E-state index is -0.608. The van der Waals surface area contributed by atoms with Gasteiger partial charge in [0.15, 0.2) is 5.75 Å². The summed E-state index contributed by atoms with van der Waals surface area (Å²) >= 11 is 0. The predicted molar refractivity (Wildman–Crippen MR) is 113 cm³/mol. The van der Waals surface area contributed by atoms with E-state index in [0.717, 1.165) is 6.07 Å². The molecule has 9 heteroatoms. The maximum atomic E-state index is 13.9. The fourth-order valence-corrected chi connectivity index (χ4v) is 3.22. The normalized spacial score (nSPS) is 10.8. The zero-order valence-corrected chi connectivity index (χ0v) is 16.4. The number of nitro benzene ring substituents is 1. The van der Waals surface area contributed by atoms with E-state index in [-0.39, 0.29) is 22.8 Å². The minimum absolute atomic E-state index is 0.0720.